The fourth-order valence-corrected chi connectivity index (χ4v) is 6.76. The third-order valence-corrected chi connectivity index (χ3v) is 9.08. The van der Waals surface area contributed by atoms with Crippen LogP contribution in [0.1, 0.15) is 48.1 Å². The molecular weight excluding hydrogens is 526 g/mol. The molecule has 4 rings (SSSR count). The monoisotopic (exact) mass is 568 g/mol. The van der Waals surface area contributed by atoms with Gasteiger partial charge in [0.1, 0.15) is 11.6 Å². The number of hydrogen-bond acceptors (Lipinski definition) is 5. The molecule has 3 aromatic carbocycles. The summed E-state index contributed by atoms with van der Waals surface area (Å²) in [6.07, 6.45) is 2.43. The maximum absolute atomic E-state index is 13.6. The van der Waals surface area contributed by atoms with Gasteiger partial charge in [0.25, 0.3) is 0 Å². The van der Waals surface area contributed by atoms with Crippen LogP contribution in [-0.4, -0.2) is 76.7 Å². The molecule has 7 heteroatoms. The van der Waals surface area contributed by atoms with E-state index in [1.807, 2.05) is 61.5 Å². The fraction of sp³-hybridized carbons (Fsp3) is 0.455. The average Bonchev–Trinajstić information content (AvgIpc) is 2.97. The Morgan fingerprint density at radius 2 is 1.38 bits per heavy atom. The Balaban J connectivity index is 1.30. The van der Waals surface area contributed by atoms with Gasteiger partial charge in [0.05, 0.1) is 17.5 Å². The fourth-order valence-electron chi connectivity index (χ4n) is 5.46. The molecule has 2 N–H and O–H groups in total. The second-order valence-corrected chi connectivity index (χ2v) is 12.0. The third-order valence-electron chi connectivity index (χ3n) is 7.79. The number of likely N-dealkylation sites (tertiary alicyclic amines) is 1. The van der Waals surface area contributed by atoms with Gasteiger partial charge >= 0.3 is 0 Å². The maximum atomic E-state index is 13.6. The molecule has 1 aliphatic rings. The van der Waals surface area contributed by atoms with Gasteiger partial charge in [0.15, 0.2) is 0 Å². The van der Waals surface area contributed by atoms with Gasteiger partial charge in [-0.2, -0.15) is 0 Å². The number of halogens is 2. The van der Waals surface area contributed by atoms with Crippen LogP contribution in [0.3, 0.4) is 0 Å². The predicted molar refractivity (Wildman–Crippen MR) is 161 cm³/mol. The van der Waals surface area contributed by atoms with Gasteiger partial charge in [-0.05, 0) is 79.7 Å². The molecule has 216 valence electrons. The third kappa shape index (κ3) is 9.38. The van der Waals surface area contributed by atoms with E-state index in [1.165, 1.54) is 24.3 Å². The van der Waals surface area contributed by atoms with Crippen LogP contribution in [0.4, 0.5) is 8.78 Å². The average molecular weight is 569 g/mol. The molecule has 0 aromatic heterocycles. The van der Waals surface area contributed by atoms with E-state index in [4.69, 9.17) is 0 Å². The maximum Gasteiger partial charge on any atom is 0.123 e. The first-order valence-corrected chi connectivity index (χ1v) is 15.4. The molecule has 3 aromatic rings. The lowest BCUT2D eigenvalue weighted by Crippen LogP contribution is -2.50. The highest BCUT2D eigenvalue weighted by molar-refractivity contribution is 7.99. The lowest BCUT2D eigenvalue weighted by atomic mass is 10.0. The van der Waals surface area contributed by atoms with E-state index in [-0.39, 0.29) is 16.9 Å². The van der Waals surface area contributed by atoms with Crippen molar-refractivity contribution in [1.82, 2.24) is 9.80 Å². The lowest BCUT2D eigenvalue weighted by molar-refractivity contribution is 0.0238. The number of nitrogens with zero attached hydrogens (tertiary/aromatic N) is 2. The zero-order valence-corrected chi connectivity index (χ0v) is 24.2. The van der Waals surface area contributed by atoms with E-state index >= 15 is 0 Å². The molecule has 2 unspecified atom stereocenters. The van der Waals surface area contributed by atoms with Crippen molar-refractivity contribution in [2.24, 2.45) is 0 Å². The van der Waals surface area contributed by atoms with Crippen LogP contribution in [0.15, 0.2) is 78.9 Å². The molecular formula is C33H42F2N2O2S. The van der Waals surface area contributed by atoms with Gasteiger partial charge in [-0.25, -0.2) is 8.78 Å². The molecule has 1 aliphatic heterocycles. The first-order chi connectivity index (χ1) is 19.4. The first-order valence-electron chi connectivity index (χ1n) is 14.4. The predicted octanol–water partition coefficient (Wildman–Crippen LogP) is 5.93. The van der Waals surface area contributed by atoms with Gasteiger partial charge in [-0.3, -0.25) is 4.90 Å². The summed E-state index contributed by atoms with van der Waals surface area (Å²) in [7, 11) is 0. The van der Waals surface area contributed by atoms with Gasteiger partial charge in [-0.15, -0.1) is 11.8 Å². The molecule has 40 heavy (non-hydrogen) atoms. The number of thioether (sulfide) groups is 1. The van der Waals surface area contributed by atoms with Crippen molar-refractivity contribution in [3.8, 4) is 0 Å². The lowest BCUT2D eigenvalue weighted by Gasteiger charge is -2.40. The highest BCUT2D eigenvalue weighted by Crippen LogP contribution is 2.36. The molecule has 0 amide bonds. The van der Waals surface area contributed by atoms with Crippen LogP contribution >= 0.6 is 11.8 Å². The quantitative estimate of drug-likeness (QED) is 0.253. The molecule has 1 fully saturated rings. The minimum Gasteiger partial charge on any atom is -0.392 e. The molecule has 0 bridgehead atoms. The van der Waals surface area contributed by atoms with Crippen LogP contribution in [0.5, 0.6) is 0 Å². The molecule has 0 aliphatic carbocycles. The van der Waals surface area contributed by atoms with Crippen LogP contribution < -0.4 is 0 Å². The second-order valence-electron chi connectivity index (χ2n) is 10.8. The Labute approximate surface area is 242 Å². The van der Waals surface area contributed by atoms with Crippen molar-refractivity contribution in [2.45, 2.75) is 56.1 Å². The van der Waals surface area contributed by atoms with Gasteiger partial charge in [0.2, 0.25) is 0 Å². The van der Waals surface area contributed by atoms with E-state index in [0.717, 1.165) is 54.9 Å². The molecule has 0 spiro atoms. The topological polar surface area (TPSA) is 46.9 Å². The summed E-state index contributed by atoms with van der Waals surface area (Å²) in [6, 6.07) is 23.6. The highest BCUT2D eigenvalue weighted by atomic mass is 32.2. The van der Waals surface area contributed by atoms with E-state index in [9.17, 15) is 19.0 Å². The SMILES string of the molecule is CCC(O)CN(CC(O)Cc1ccccc1)C1CCN(CCSC(c2ccc(F)cc2)c2ccc(F)cc2)CC1. The van der Waals surface area contributed by atoms with Crippen molar-refractivity contribution in [1.29, 1.82) is 0 Å². The smallest absolute Gasteiger partial charge is 0.123 e. The van der Waals surface area contributed by atoms with Crippen molar-refractivity contribution in [3.05, 3.63) is 107 Å². The van der Waals surface area contributed by atoms with E-state index in [2.05, 4.69) is 9.80 Å². The summed E-state index contributed by atoms with van der Waals surface area (Å²) in [5, 5.41) is 21.3. The largest absolute Gasteiger partial charge is 0.392 e. The van der Waals surface area contributed by atoms with Crippen molar-refractivity contribution in [3.63, 3.8) is 0 Å². The summed E-state index contributed by atoms with van der Waals surface area (Å²) in [5.41, 5.74) is 3.14. The molecule has 0 radical (unpaired) electrons. The van der Waals surface area contributed by atoms with Crippen molar-refractivity contribution < 1.29 is 19.0 Å². The highest BCUT2D eigenvalue weighted by Gasteiger charge is 2.27. The summed E-state index contributed by atoms with van der Waals surface area (Å²) >= 11 is 1.80. The Hall–Kier alpha value is -2.29. The Morgan fingerprint density at radius 1 is 0.825 bits per heavy atom. The van der Waals surface area contributed by atoms with Crippen LogP contribution in [0, 0.1) is 11.6 Å². The molecule has 1 heterocycles. The van der Waals surface area contributed by atoms with E-state index in [1.54, 1.807) is 11.8 Å². The van der Waals surface area contributed by atoms with Crippen LogP contribution in [0.25, 0.3) is 0 Å². The number of aliphatic hydroxyl groups excluding tert-OH is 2. The summed E-state index contributed by atoms with van der Waals surface area (Å²) in [4.78, 5) is 4.78. The zero-order valence-electron chi connectivity index (χ0n) is 23.3. The summed E-state index contributed by atoms with van der Waals surface area (Å²) in [6.45, 7) is 6.01. The Morgan fingerprint density at radius 3 is 1.93 bits per heavy atom. The van der Waals surface area contributed by atoms with E-state index < -0.39 is 12.2 Å². The summed E-state index contributed by atoms with van der Waals surface area (Å²) in [5.74, 6) is 0.378. The zero-order chi connectivity index (χ0) is 28.3. The molecule has 1 saturated heterocycles. The van der Waals surface area contributed by atoms with Gasteiger partial charge < -0.3 is 15.1 Å². The number of aliphatic hydroxyl groups is 2. The number of benzene rings is 3. The van der Waals surface area contributed by atoms with Gasteiger partial charge in [0, 0.05) is 31.4 Å². The standard InChI is InChI=1S/C33H42F2N2O2S/c1-2-31(38)23-37(24-32(39)22-25-6-4-3-5-7-25)30-16-18-36(19-17-30)20-21-40-33(26-8-12-28(34)13-9-26)27-10-14-29(35)15-11-27/h3-15,30-33,38-39H,2,16-24H2,1H3. The molecule has 0 saturated carbocycles. The van der Waals surface area contributed by atoms with Gasteiger partial charge in [-0.1, -0.05) is 61.5 Å². The summed E-state index contributed by atoms with van der Waals surface area (Å²) < 4.78 is 27.1. The Bertz CT molecular complexity index is 1080. The Kier molecular flexibility index (Phi) is 12.0. The van der Waals surface area contributed by atoms with Crippen LogP contribution in [0.2, 0.25) is 0 Å². The minimum atomic E-state index is -0.476. The van der Waals surface area contributed by atoms with Crippen LogP contribution in [-0.2, 0) is 6.42 Å². The number of hydrogen-bond donors (Lipinski definition) is 2. The normalized spacial score (nSPS) is 16.5. The van der Waals surface area contributed by atoms with Crippen molar-refractivity contribution >= 4 is 11.8 Å². The molecule has 2 atom stereocenters. The van der Waals surface area contributed by atoms with Crippen molar-refractivity contribution in [2.75, 3.05) is 38.5 Å². The number of piperidine rings is 1. The minimum absolute atomic E-state index is 0.0101. The molecule has 4 nitrogen and oxygen atoms in total. The van der Waals surface area contributed by atoms with E-state index in [0.29, 0.717) is 32.0 Å². The second kappa shape index (κ2) is 15.6. The first kappa shape index (κ1) is 30.7. The number of rotatable bonds is 14.